The van der Waals surface area contributed by atoms with E-state index in [0.29, 0.717) is 9.52 Å². The molecule has 3 nitrogen and oxygen atoms in total. The Bertz CT molecular complexity index is 556. The van der Waals surface area contributed by atoms with Crippen LogP contribution < -0.4 is 0 Å². The number of hydrogen-bond acceptors (Lipinski definition) is 3. The average molecular weight is 237 g/mol. The number of hydrogen-bond donors (Lipinski definition) is 2. The van der Waals surface area contributed by atoms with Crippen LogP contribution in [0.4, 0.5) is 0 Å². The van der Waals surface area contributed by atoms with Crippen molar-refractivity contribution in [2.75, 3.05) is 0 Å². The van der Waals surface area contributed by atoms with Crippen molar-refractivity contribution in [2.45, 2.75) is 0 Å². The van der Waals surface area contributed by atoms with Gasteiger partial charge in [-0.1, -0.05) is 18.2 Å². The van der Waals surface area contributed by atoms with E-state index in [1.807, 2.05) is 5.38 Å². The molecule has 0 bridgehead atoms. The van der Waals surface area contributed by atoms with Gasteiger partial charge >= 0.3 is 5.97 Å². The Morgan fingerprint density at radius 1 is 1.40 bits per heavy atom. The summed E-state index contributed by atoms with van der Waals surface area (Å²) in [5.41, 5.74) is 1.70. The van der Waals surface area contributed by atoms with E-state index in [2.05, 4.69) is 4.98 Å². The molecule has 1 heterocycles. The van der Waals surface area contributed by atoms with Gasteiger partial charge in [0, 0.05) is 10.9 Å². The summed E-state index contributed by atoms with van der Waals surface area (Å²) in [7, 11) is 0. The lowest BCUT2D eigenvalue weighted by molar-refractivity contribution is 0.0697. The monoisotopic (exact) mass is 237 g/mol. The molecule has 5 heteroatoms. The Balaban J connectivity index is 2.62. The molecule has 0 unspecified atom stereocenters. The van der Waals surface area contributed by atoms with Crippen LogP contribution in [0.25, 0.3) is 11.3 Å². The van der Waals surface area contributed by atoms with Gasteiger partial charge in [0.2, 0.25) is 0 Å². The van der Waals surface area contributed by atoms with E-state index in [4.69, 9.17) is 17.3 Å². The Morgan fingerprint density at radius 3 is 2.73 bits per heavy atom. The largest absolute Gasteiger partial charge is 0.478 e. The predicted molar refractivity (Wildman–Crippen MR) is 61.9 cm³/mol. The number of thiazole rings is 1. The number of carboxylic acid groups (broad SMARTS) is 1. The number of aromatic amines is 1. The average Bonchev–Trinajstić information content (AvgIpc) is 2.65. The van der Waals surface area contributed by atoms with Gasteiger partial charge in [0.05, 0.1) is 11.3 Å². The Hall–Kier alpha value is -1.46. The minimum atomic E-state index is -0.934. The summed E-state index contributed by atoms with van der Waals surface area (Å²) in [5, 5.41) is 10.8. The zero-order valence-corrected chi connectivity index (χ0v) is 9.19. The number of carboxylic acids is 1. The van der Waals surface area contributed by atoms with Crippen LogP contribution in [0, 0.1) is 3.95 Å². The van der Waals surface area contributed by atoms with Gasteiger partial charge in [-0.25, -0.2) is 4.79 Å². The molecule has 0 radical (unpaired) electrons. The van der Waals surface area contributed by atoms with Crippen LogP contribution in [0.1, 0.15) is 10.4 Å². The number of rotatable bonds is 2. The van der Waals surface area contributed by atoms with E-state index >= 15 is 0 Å². The Morgan fingerprint density at radius 2 is 2.13 bits per heavy atom. The number of aromatic carboxylic acids is 1. The number of benzene rings is 1. The first kappa shape index (κ1) is 10.1. The van der Waals surface area contributed by atoms with E-state index < -0.39 is 5.97 Å². The molecule has 2 rings (SSSR count). The zero-order chi connectivity index (χ0) is 10.8. The normalized spacial score (nSPS) is 10.1. The number of aromatic nitrogens is 1. The highest BCUT2D eigenvalue weighted by molar-refractivity contribution is 7.73. The fraction of sp³-hybridized carbons (Fsp3) is 0. The first-order valence-corrected chi connectivity index (χ1v) is 5.48. The molecular formula is C10H7NO2S2. The topological polar surface area (TPSA) is 53.1 Å². The molecule has 0 saturated heterocycles. The van der Waals surface area contributed by atoms with Crippen molar-refractivity contribution in [3.05, 3.63) is 39.2 Å². The summed E-state index contributed by atoms with van der Waals surface area (Å²) in [6.07, 6.45) is 0. The minimum absolute atomic E-state index is 0.279. The summed E-state index contributed by atoms with van der Waals surface area (Å²) >= 11 is 6.34. The summed E-state index contributed by atoms with van der Waals surface area (Å²) in [5.74, 6) is -0.934. The van der Waals surface area contributed by atoms with Crippen LogP contribution in [-0.4, -0.2) is 16.1 Å². The summed E-state index contributed by atoms with van der Waals surface area (Å²) in [6.45, 7) is 0. The lowest BCUT2D eigenvalue weighted by Crippen LogP contribution is -1.98. The van der Waals surface area contributed by atoms with E-state index in [1.54, 1.807) is 24.3 Å². The van der Waals surface area contributed by atoms with Gasteiger partial charge in [-0.3, -0.25) is 0 Å². The summed E-state index contributed by atoms with van der Waals surface area (Å²) in [6, 6.07) is 6.84. The van der Waals surface area contributed by atoms with E-state index in [1.165, 1.54) is 11.3 Å². The fourth-order valence-corrected chi connectivity index (χ4v) is 2.15. The predicted octanol–water partition coefficient (Wildman–Crippen LogP) is 3.17. The van der Waals surface area contributed by atoms with Crippen LogP contribution in [0.2, 0.25) is 0 Å². The van der Waals surface area contributed by atoms with Crippen molar-refractivity contribution < 1.29 is 9.90 Å². The minimum Gasteiger partial charge on any atom is -0.478 e. The maximum Gasteiger partial charge on any atom is 0.336 e. The first-order chi connectivity index (χ1) is 7.18. The highest BCUT2D eigenvalue weighted by Gasteiger charge is 2.11. The van der Waals surface area contributed by atoms with E-state index in [0.717, 1.165) is 5.69 Å². The molecule has 0 aliphatic rings. The third kappa shape index (κ3) is 1.98. The van der Waals surface area contributed by atoms with Crippen LogP contribution in [-0.2, 0) is 0 Å². The zero-order valence-electron chi connectivity index (χ0n) is 7.56. The van der Waals surface area contributed by atoms with Gasteiger partial charge in [0.15, 0.2) is 3.95 Å². The smallest absolute Gasteiger partial charge is 0.336 e. The van der Waals surface area contributed by atoms with Gasteiger partial charge in [-0.2, -0.15) is 0 Å². The molecule has 1 aromatic carbocycles. The van der Waals surface area contributed by atoms with Gasteiger partial charge in [-0.05, 0) is 18.3 Å². The lowest BCUT2D eigenvalue weighted by atomic mass is 10.1. The second-order valence-electron chi connectivity index (χ2n) is 2.91. The number of H-pyrrole nitrogens is 1. The second kappa shape index (κ2) is 3.96. The van der Waals surface area contributed by atoms with Crippen molar-refractivity contribution in [3.63, 3.8) is 0 Å². The molecule has 1 aromatic heterocycles. The van der Waals surface area contributed by atoms with Crippen molar-refractivity contribution >= 4 is 29.5 Å². The molecule has 0 saturated carbocycles. The van der Waals surface area contributed by atoms with Crippen molar-refractivity contribution in [3.8, 4) is 11.3 Å². The molecule has 0 atom stereocenters. The summed E-state index contributed by atoms with van der Waals surface area (Å²) in [4.78, 5) is 13.9. The highest BCUT2D eigenvalue weighted by atomic mass is 32.1. The quantitative estimate of drug-likeness (QED) is 0.789. The maximum absolute atomic E-state index is 11.0. The Kier molecular flexibility index (Phi) is 2.66. The Labute approximate surface area is 95.0 Å². The third-order valence-corrected chi connectivity index (χ3v) is 3.03. The maximum atomic E-state index is 11.0. The number of nitrogens with one attached hydrogen (secondary N) is 1. The second-order valence-corrected chi connectivity index (χ2v) is 4.46. The lowest BCUT2D eigenvalue weighted by Gasteiger charge is -2.02. The van der Waals surface area contributed by atoms with Gasteiger partial charge in [0.25, 0.3) is 0 Å². The van der Waals surface area contributed by atoms with Crippen molar-refractivity contribution in [1.29, 1.82) is 0 Å². The molecule has 76 valence electrons. The van der Waals surface area contributed by atoms with Crippen LogP contribution >= 0.6 is 23.6 Å². The van der Waals surface area contributed by atoms with Gasteiger partial charge in [-0.15, -0.1) is 11.3 Å². The molecule has 0 aliphatic heterocycles. The molecule has 0 spiro atoms. The first-order valence-electron chi connectivity index (χ1n) is 4.19. The van der Waals surface area contributed by atoms with Crippen LogP contribution in [0.5, 0.6) is 0 Å². The van der Waals surface area contributed by atoms with Crippen molar-refractivity contribution in [1.82, 2.24) is 4.98 Å². The highest BCUT2D eigenvalue weighted by Crippen LogP contribution is 2.23. The molecule has 2 aromatic rings. The molecule has 2 N–H and O–H groups in total. The van der Waals surface area contributed by atoms with Crippen molar-refractivity contribution in [2.24, 2.45) is 0 Å². The molecule has 0 aliphatic carbocycles. The van der Waals surface area contributed by atoms with Crippen LogP contribution in [0.3, 0.4) is 0 Å². The van der Waals surface area contributed by atoms with E-state index in [-0.39, 0.29) is 5.56 Å². The fourth-order valence-electron chi connectivity index (χ4n) is 1.32. The van der Waals surface area contributed by atoms with Gasteiger partial charge < -0.3 is 10.1 Å². The number of carbonyl (C=O) groups is 1. The summed E-state index contributed by atoms with van der Waals surface area (Å²) < 4.78 is 0.644. The van der Waals surface area contributed by atoms with Crippen LogP contribution in [0.15, 0.2) is 29.6 Å². The molecule has 15 heavy (non-hydrogen) atoms. The SMILES string of the molecule is O=C(O)c1ccccc1-c1csc(=S)[nH]1. The molecule has 0 amide bonds. The standard InChI is InChI=1S/C10H7NO2S2/c12-9(13)7-4-2-1-3-6(7)8-5-15-10(14)11-8/h1-5H,(H,11,14)(H,12,13). The third-order valence-electron chi connectivity index (χ3n) is 1.97. The van der Waals surface area contributed by atoms with E-state index in [9.17, 15) is 4.79 Å². The molecular weight excluding hydrogens is 230 g/mol. The molecule has 0 fully saturated rings. The van der Waals surface area contributed by atoms with Gasteiger partial charge in [0.1, 0.15) is 0 Å².